The quantitative estimate of drug-likeness (QED) is 0.505. The number of hydrogen-bond acceptors (Lipinski definition) is 3. The normalized spacial score (nSPS) is 17.8. The van der Waals surface area contributed by atoms with Crippen molar-refractivity contribution in [2.75, 3.05) is 26.4 Å². The maximum atomic E-state index is 6.02. The van der Waals surface area contributed by atoms with Gasteiger partial charge in [0.1, 0.15) is 0 Å². The summed E-state index contributed by atoms with van der Waals surface area (Å²) in [6.07, 6.45) is 8.01. The first-order valence-electron chi connectivity index (χ1n) is 9.78. The molecule has 2 atom stereocenters. The minimum absolute atomic E-state index is 0.325. The molecule has 140 valence electrons. The minimum atomic E-state index is 0.325. The van der Waals surface area contributed by atoms with Crippen molar-refractivity contribution in [1.29, 1.82) is 0 Å². The van der Waals surface area contributed by atoms with Crippen LogP contribution in [0, 0.1) is 0 Å². The van der Waals surface area contributed by atoms with Crippen molar-refractivity contribution in [1.82, 2.24) is 0 Å². The summed E-state index contributed by atoms with van der Waals surface area (Å²) in [5, 5.41) is 0. The maximum absolute atomic E-state index is 6.02. The van der Waals surface area contributed by atoms with E-state index in [2.05, 4.69) is 45.0 Å². The van der Waals surface area contributed by atoms with Gasteiger partial charge in [-0.25, -0.2) is 0 Å². The van der Waals surface area contributed by atoms with E-state index in [1.165, 1.54) is 35.1 Å². The van der Waals surface area contributed by atoms with Crippen LogP contribution in [0.3, 0.4) is 0 Å². The van der Waals surface area contributed by atoms with Crippen molar-refractivity contribution in [2.45, 2.75) is 64.9 Å². The SMILES string of the molecule is CCCC(CN)c1ccc2c(c1)CCC(OCCOCC=C(C)C)C2. The van der Waals surface area contributed by atoms with E-state index in [-0.39, 0.29) is 0 Å². The zero-order valence-corrected chi connectivity index (χ0v) is 16.2. The lowest BCUT2D eigenvalue weighted by Crippen LogP contribution is -2.24. The summed E-state index contributed by atoms with van der Waals surface area (Å²) in [7, 11) is 0. The Hall–Kier alpha value is -1.16. The number of fused-ring (bicyclic) bond motifs is 1. The average molecular weight is 346 g/mol. The molecule has 2 unspecified atom stereocenters. The molecule has 0 radical (unpaired) electrons. The van der Waals surface area contributed by atoms with E-state index in [1.807, 2.05) is 0 Å². The zero-order chi connectivity index (χ0) is 18.1. The third-order valence-corrected chi connectivity index (χ3v) is 5.00. The molecule has 25 heavy (non-hydrogen) atoms. The van der Waals surface area contributed by atoms with E-state index < -0.39 is 0 Å². The van der Waals surface area contributed by atoms with Crippen LogP contribution in [0.2, 0.25) is 0 Å². The summed E-state index contributed by atoms with van der Waals surface area (Å²) in [4.78, 5) is 0. The molecule has 1 aromatic carbocycles. The van der Waals surface area contributed by atoms with Gasteiger partial charge in [-0.05, 0) is 68.7 Å². The number of nitrogens with two attached hydrogens (primary N) is 1. The molecule has 0 heterocycles. The number of aryl methyl sites for hydroxylation is 1. The molecule has 3 nitrogen and oxygen atoms in total. The van der Waals surface area contributed by atoms with Crippen molar-refractivity contribution in [3.05, 3.63) is 46.5 Å². The highest BCUT2D eigenvalue weighted by Gasteiger charge is 2.20. The lowest BCUT2D eigenvalue weighted by Gasteiger charge is -2.26. The highest BCUT2D eigenvalue weighted by atomic mass is 16.5. The Morgan fingerprint density at radius 1 is 1.28 bits per heavy atom. The third-order valence-electron chi connectivity index (χ3n) is 5.00. The van der Waals surface area contributed by atoms with Gasteiger partial charge >= 0.3 is 0 Å². The number of allylic oxidation sites excluding steroid dienone is 1. The molecule has 0 bridgehead atoms. The smallest absolute Gasteiger partial charge is 0.0704 e. The Balaban J connectivity index is 1.80. The molecule has 0 saturated heterocycles. The summed E-state index contributed by atoms with van der Waals surface area (Å²) in [6, 6.07) is 6.96. The van der Waals surface area contributed by atoms with Crippen molar-refractivity contribution in [3.8, 4) is 0 Å². The molecule has 3 heteroatoms. The predicted octanol–water partition coefficient (Wildman–Crippen LogP) is 4.39. The first-order chi connectivity index (χ1) is 12.1. The second-order valence-corrected chi connectivity index (χ2v) is 7.34. The molecular weight excluding hydrogens is 310 g/mol. The number of hydrogen-bond donors (Lipinski definition) is 1. The van der Waals surface area contributed by atoms with Crippen LogP contribution in [-0.2, 0) is 22.3 Å². The molecule has 1 aliphatic rings. The lowest BCUT2D eigenvalue weighted by atomic mass is 9.85. The van der Waals surface area contributed by atoms with Crippen LogP contribution in [0.25, 0.3) is 0 Å². The second kappa shape index (κ2) is 10.7. The molecule has 0 aliphatic heterocycles. The largest absolute Gasteiger partial charge is 0.375 e. The molecule has 0 fully saturated rings. The molecule has 2 rings (SSSR count). The molecule has 0 aromatic heterocycles. The van der Waals surface area contributed by atoms with E-state index in [4.69, 9.17) is 15.2 Å². The molecule has 1 aliphatic carbocycles. The third kappa shape index (κ3) is 6.58. The van der Waals surface area contributed by atoms with Gasteiger partial charge in [-0.2, -0.15) is 0 Å². The Morgan fingerprint density at radius 2 is 2.12 bits per heavy atom. The number of rotatable bonds is 10. The minimum Gasteiger partial charge on any atom is -0.375 e. The average Bonchev–Trinajstić information content (AvgIpc) is 2.62. The number of ether oxygens (including phenoxy) is 2. The first-order valence-corrected chi connectivity index (χ1v) is 9.78. The van der Waals surface area contributed by atoms with Crippen molar-refractivity contribution >= 4 is 0 Å². The van der Waals surface area contributed by atoms with Crippen molar-refractivity contribution in [2.24, 2.45) is 5.73 Å². The van der Waals surface area contributed by atoms with Crippen LogP contribution in [0.15, 0.2) is 29.8 Å². The molecule has 1 aromatic rings. The van der Waals surface area contributed by atoms with Crippen LogP contribution in [0.4, 0.5) is 0 Å². The van der Waals surface area contributed by atoms with Crippen LogP contribution in [-0.4, -0.2) is 32.5 Å². The molecular formula is C22H35NO2. The van der Waals surface area contributed by atoms with Crippen molar-refractivity contribution < 1.29 is 9.47 Å². The van der Waals surface area contributed by atoms with Gasteiger partial charge in [-0.3, -0.25) is 0 Å². The van der Waals surface area contributed by atoms with Gasteiger partial charge < -0.3 is 15.2 Å². The van der Waals surface area contributed by atoms with E-state index in [9.17, 15) is 0 Å². The fourth-order valence-electron chi connectivity index (χ4n) is 3.49. The van der Waals surface area contributed by atoms with Gasteiger partial charge in [-0.15, -0.1) is 0 Å². The van der Waals surface area contributed by atoms with Gasteiger partial charge in [0.05, 0.1) is 25.9 Å². The topological polar surface area (TPSA) is 44.5 Å². The fraction of sp³-hybridized carbons (Fsp3) is 0.636. The lowest BCUT2D eigenvalue weighted by molar-refractivity contribution is 0.00485. The molecule has 0 spiro atoms. The van der Waals surface area contributed by atoms with Crippen LogP contribution in [0.1, 0.15) is 62.6 Å². The highest BCUT2D eigenvalue weighted by molar-refractivity contribution is 5.36. The Morgan fingerprint density at radius 3 is 2.84 bits per heavy atom. The number of benzene rings is 1. The van der Waals surface area contributed by atoms with E-state index in [0.717, 1.165) is 25.8 Å². The predicted molar refractivity (Wildman–Crippen MR) is 105 cm³/mol. The Kier molecular flexibility index (Phi) is 8.66. The summed E-state index contributed by atoms with van der Waals surface area (Å²) in [5.41, 5.74) is 11.6. The maximum Gasteiger partial charge on any atom is 0.0704 e. The zero-order valence-electron chi connectivity index (χ0n) is 16.2. The Bertz CT molecular complexity index is 549. The van der Waals surface area contributed by atoms with Crippen LogP contribution in [0.5, 0.6) is 0 Å². The van der Waals surface area contributed by atoms with Crippen molar-refractivity contribution in [3.63, 3.8) is 0 Å². The summed E-state index contributed by atoms with van der Waals surface area (Å²) < 4.78 is 11.6. The van der Waals surface area contributed by atoms with Gasteiger partial charge in [0.2, 0.25) is 0 Å². The first kappa shape index (κ1) is 20.2. The monoisotopic (exact) mass is 345 g/mol. The molecule has 0 saturated carbocycles. The fourth-order valence-corrected chi connectivity index (χ4v) is 3.49. The standard InChI is InChI=1S/C22H35NO2/c1-4-5-21(16-23)19-6-7-20-15-22(9-8-18(20)14-19)25-13-12-24-11-10-17(2)3/h6-7,10,14,21-22H,4-5,8-9,11-13,15-16,23H2,1-3H3. The van der Waals surface area contributed by atoms with Crippen LogP contribution >= 0.6 is 0 Å². The summed E-state index contributed by atoms with van der Waals surface area (Å²) >= 11 is 0. The van der Waals surface area contributed by atoms with E-state index >= 15 is 0 Å². The van der Waals surface area contributed by atoms with Gasteiger partial charge in [0, 0.05) is 0 Å². The highest BCUT2D eigenvalue weighted by Crippen LogP contribution is 2.28. The molecule has 2 N–H and O–H groups in total. The van der Waals surface area contributed by atoms with Gasteiger partial charge in [-0.1, -0.05) is 43.2 Å². The second-order valence-electron chi connectivity index (χ2n) is 7.34. The Labute approximate surface area is 153 Å². The van der Waals surface area contributed by atoms with Crippen LogP contribution < -0.4 is 5.73 Å². The van der Waals surface area contributed by atoms with Gasteiger partial charge in [0.15, 0.2) is 0 Å². The van der Waals surface area contributed by atoms with E-state index in [1.54, 1.807) is 0 Å². The summed E-state index contributed by atoms with van der Waals surface area (Å²) in [5.74, 6) is 0.502. The van der Waals surface area contributed by atoms with E-state index in [0.29, 0.717) is 31.8 Å². The summed E-state index contributed by atoms with van der Waals surface area (Å²) in [6.45, 7) is 9.17. The van der Waals surface area contributed by atoms with Gasteiger partial charge in [0.25, 0.3) is 0 Å². The molecule has 0 amide bonds.